The fourth-order valence-electron chi connectivity index (χ4n) is 1.77. The van der Waals surface area contributed by atoms with E-state index in [0.717, 1.165) is 26.2 Å². The van der Waals surface area contributed by atoms with Crippen molar-refractivity contribution in [3.63, 3.8) is 0 Å². The molecule has 0 saturated carbocycles. The molecule has 2 heterocycles. The molecule has 1 aromatic rings. The Kier molecular flexibility index (Phi) is 3.77. The fourth-order valence-corrected chi connectivity index (χ4v) is 2.23. The molecule has 15 heavy (non-hydrogen) atoms. The van der Waals surface area contributed by atoms with E-state index in [1.165, 1.54) is 5.69 Å². The largest absolute Gasteiger partial charge is 0.369 e. The van der Waals surface area contributed by atoms with Crippen LogP contribution in [0.15, 0.2) is 24.5 Å². The van der Waals surface area contributed by atoms with Crippen molar-refractivity contribution in [2.24, 2.45) is 0 Å². The zero-order valence-electron chi connectivity index (χ0n) is 8.45. The number of piperazine rings is 1. The summed E-state index contributed by atoms with van der Waals surface area (Å²) in [5.41, 5.74) is 1.25. The summed E-state index contributed by atoms with van der Waals surface area (Å²) < 4.78 is 0.0598. The normalized spacial score (nSPS) is 18.5. The van der Waals surface area contributed by atoms with E-state index in [9.17, 15) is 0 Å². The van der Waals surface area contributed by atoms with Gasteiger partial charge in [0.2, 0.25) is 0 Å². The molecule has 1 fully saturated rings. The summed E-state index contributed by atoms with van der Waals surface area (Å²) in [5, 5.41) is 0. The lowest BCUT2D eigenvalue weighted by Gasteiger charge is -2.37. The van der Waals surface area contributed by atoms with Crippen molar-refractivity contribution in [1.29, 1.82) is 0 Å². The Bertz CT molecular complexity index is 297. The first-order chi connectivity index (χ1) is 7.27. The van der Waals surface area contributed by atoms with Gasteiger partial charge in [-0.1, -0.05) is 0 Å². The second-order valence-electron chi connectivity index (χ2n) is 3.57. The summed E-state index contributed by atoms with van der Waals surface area (Å²) in [4.78, 5) is 8.64. The monoisotopic (exact) mass is 241 g/mol. The van der Waals surface area contributed by atoms with Gasteiger partial charge in [-0.15, -0.1) is 25.3 Å². The number of anilines is 1. The molecule has 0 bridgehead atoms. The zero-order valence-corrected chi connectivity index (χ0v) is 10.2. The van der Waals surface area contributed by atoms with Gasteiger partial charge < -0.3 is 4.90 Å². The van der Waals surface area contributed by atoms with Gasteiger partial charge >= 0.3 is 0 Å². The van der Waals surface area contributed by atoms with Gasteiger partial charge in [0, 0.05) is 44.3 Å². The summed E-state index contributed by atoms with van der Waals surface area (Å²) in [7, 11) is 0. The van der Waals surface area contributed by atoms with Gasteiger partial charge in [-0.3, -0.25) is 9.88 Å². The number of thiol groups is 2. The van der Waals surface area contributed by atoms with Crippen LogP contribution in [0, 0.1) is 0 Å². The van der Waals surface area contributed by atoms with Gasteiger partial charge in [-0.2, -0.15) is 0 Å². The Balaban J connectivity index is 1.94. The quantitative estimate of drug-likeness (QED) is 0.602. The molecule has 82 valence electrons. The Labute approximate surface area is 101 Å². The Hall–Kier alpha value is -0.390. The van der Waals surface area contributed by atoms with Crippen LogP contribution in [0.1, 0.15) is 0 Å². The first-order valence-corrected chi connectivity index (χ1v) is 6.06. The van der Waals surface area contributed by atoms with Crippen LogP contribution in [0.5, 0.6) is 0 Å². The van der Waals surface area contributed by atoms with Crippen molar-refractivity contribution in [1.82, 2.24) is 9.88 Å². The van der Waals surface area contributed by atoms with Gasteiger partial charge in [0.25, 0.3) is 0 Å². The molecule has 1 saturated heterocycles. The molecular formula is C10H15N3S2. The highest BCUT2D eigenvalue weighted by molar-refractivity contribution is 7.99. The van der Waals surface area contributed by atoms with Crippen molar-refractivity contribution >= 4 is 30.9 Å². The first-order valence-electron chi connectivity index (χ1n) is 5.02. The molecular weight excluding hydrogens is 226 g/mol. The third-order valence-corrected chi connectivity index (χ3v) is 3.32. The van der Waals surface area contributed by atoms with Gasteiger partial charge in [0.05, 0.1) is 4.71 Å². The first kappa shape index (κ1) is 11.1. The predicted molar refractivity (Wildman–Crippen MR) is 69.8 cm³/mol. The van der Waals surface area contributed by atoms with Crippen LogP contribution in [0.2, 0.25) is 0 Å². The number of nitrogens with zero attached hydrogens (tertiary/aromatic N) is 3. The van der Waals surface area contributed by atoms with E-state index in [1.54, 1.807) is 0 Å². The van der Waals surface area contributed by atoms with Crippen molar-refractivity contribution in [3.8, 4) is 0 Å². The van der Waals surface area contributed by atoms with Crippen LogP contribution in [0.25, 0.3) is 0 Å². The molecule has 1 aromatic heterocycles. The standard InChI is InChI=1S/C10H15N3S2/c14-10(15)13-7-5-12(6-8-13)9-1-3-11-4-2-9/h1-4,10,14-15H,5-8H2. The van der Waals surface area contributed by atoms with Crippen LogP contribution in [0.3, 0.4) is 0 Å². The van der Waals surface area contributed by atoms with E-state index in [2.05, 4.69) is 52.2 Å². The molecule has 3 nitrogen and oxygen atoms in total. The maximum Gasteiger partial charge on any atom is 0.0970 e. The number of hydrogen-bond acceptors (Lipinski definition) is 5. The smallest absolute Gasteiger partial charge is 0.0970 e. The fraction of sp³-hybridized carbons (Fsp3) is 0.500. The molecule has 0 aromatic carbocycles. The maximum absolute atomic E-state index is 4.32. The highest BCUT2D eigenvalue weighted by atomic mass is 32.2. The van der Waals surface area contributed by atoms with Crippen LogP contribution in [0.4, 0.5) is 5.69 Å². The number of rotatable bonds is 2. The predicted octanol–water partition coefficient (Wildman–Crippen LogP) is 1.35. The van der Waals surface area contributed by atoms with Crippen LogP contribution < -0.4 is 4.90 Å². The third-order valence-electron chi connectivity index (χ3n) is 2.67. The average molecular weight is 241 g/mol. The summed E-state index contributed by atoms with van der Waals surface area (Å²) in [6, 6.07) is 4.10. The van der Waals surface area contributed by atoms with Crippen molar-refractivity contribution < 1.29 is 0 Å². The molecule has 0 spiro atoms. The molecule has 0 atom stereocenters. The number of pyridine rings is 1. The molecule has 0 amide bonds. The molecule has 5 heteroatoms. The lowest BCUT2D eigenvalue weighted by molar-refractivity contribution is 0.287. The minimum atomic E-state index is 0.0598. The minimum Gasteiger partial charge on any atom is -0.369 e. The van der Waals surface area contributed by atoms with Gasteiger partial charge in [-0.25, -0.2) is 0 Å². The molecule has 1 aliphatic heterocycles. The highest BCUT2D eigenvalue weighted by Gasteiger charge is 2.19. The van der Waals surface area contributed by atoms with Gasteiger partial charge in [0.15, 0.2) is 0 Å². The van der Waals surface area contributed by atoms with Crippen molar-refractivity contribution in [2.45, 2.75) is 4.71 Å². The minimum absolute atomic E-state index is 0.0598. The molecule has 1 aliphatic rings. The van der Waals surface area contributed by atoms with E-state index in [4.69, 9.17) is 0 Å². The summed E-state index contributed by atoms with van der Waals surface area (Å²) in [6.45, 7) is 4.09. The molecule has 0 N–H and O–H groups in total. The summed E-state index contributed by atoms with van der Waals surface area (Å²) in [6.07, 6.45) is 3.67. The number of aromatic nitrogens is 1. The molecule has 0 unspecified atom stereocenters. The van der Waals surface area contributed by atoms with E-state index in [-0.39, 0.29) is 4.71 Å². The Morgan fingerprint density at radius 2 is 1.67 bits per heavy atom. The lowest BCUT2D eigenvalue weighted by atomic mass is 10.3. The maximum atomic E-state index is 4.32. The van der Waals surface area contributed by atoms with E-state index < -0.39 is 0 Å². The SMILES string of the molecule is SC(S)N1CCN(c2ccncc2)CC1. The van der Waals surface area contributed by atoms with E-state index in [0.29, 0.717) is 0 Å². The molecule has 0 aliphatic carbocycles. The van der Waals surface area contributed by atoms with Crippen molar-refractivity contribution in [2.75, 3.05) is 31.1 Å². The second-order valence-corrected chi connectivity index (χ2v) is 4.96. The third kappa shape index (κ3) is 2.80. The summed E-state index contributed by atoms with van der Waals surface area (Å²) in [5.74, 6) is 0. The second kappa shape index (κ2) is 5.09. The Morgan fingerprint density at radius 1 is 1.07 bits per heavy atom. The average Bonchev–Trinajstić information content (AvgIpc) is 2.30. The van der Waals surface area contributed by atoms with Crippen LogP contribution >= 0.6 is 25.3 Å². The van der Waals surface area contributed by atoms with Gasteiger partial charge in [-0.05, 0) is 12.1 Å². The topological polar surface area (TPSA) is 19.4 Å². The Morgan fingerprint density at radius 3 is 2.20 bits per heavy atom. The van der Waals surface area contributed by atoms with Gasteiger partial charge in [0.1, 0.15) is 0 Å². The van der Waals surface area contributed by atoms with Crippen molar-refractivity contribution in [3.05, 3.63) is 24.5 Å². The summed E-state index contributed by atoms with van der Waals surface area (Å²) >= 11 is 8.64. The molecule has 0 radical (unpaired) electrons. The van der Waals surface area contributed by atoms with E-state index >= 15 is 0 Å². The van der Waals surface area contributed by atoms with Crippen LogP contribution in [-0.2, 0) is 0 Å². The highest BCUT2D eigenvalue weighted by Crippen LogP contribution is 2.17. The zero-order chi connectivity index (χ0) is 10.7. The lowest BCUT2D eigenvalue weighted by Crippen LogP contribution is -2.47. The number of hydrogen-bond donors (Lipinski definition) is 2. The van der Waals surface area contributed by atoms with E-state index in [1.807, 2.05) is 12.4 Å². The van der Waals surface area contributed by atoms with Crippen LogP contribution in [-0.4, -0.2) is 40.8 Å². The molecule has 2 rings (SSSR count).